The molecule has 2 nitrogen and oxygen atoms in total. The first-order valence-electron chi connectivity index (χ1n) is 4.66. The van der Waals surface area contributed by atoms with E-state index in [4.69, 9.17) is 5.11 Å². The van der Waals surface area contributed by atoms with Gasteiger partial charge in [0.15, 0.2) is 0 Å². The van der Waals surface area contributed by atoms with Gasteiger partial charge in [-0.3, -0.25) is 4.79 Å². The Labute approximate surface area is 96.2 Å². The molecule has 1 atom stereocenters. The highest BCUT2D eigenvalue weighted by atomic mass is 79.9. The number of halogens is 2. The maximum Gasteiger partial charge on any atom is 0.303 e. The molecule has 0 aromatic heterocycles. The molecule has 1 aromatic rings. The van der Waals surface area contributed by atoms with Crippen LogP contribution in [0.5, 0.6) is 0 Å². The molecule has 1 rings (SSSR count). The Kier molecular flexibility index (Phi) is 4.75. The van der Waals surface area contributed by atoms with Crippen LogP contribution in [0.2, 0.25) is 0 Å². The SMILES string of the molecule is O=C(O)C[C@@H](CCBr)c1ccc(F)cc1. The minimum Gasteiger partial charge on any atom is -0.481 e. The molecular formula is C11H12BrFO2. The lowest BCUT2D eigenvalue weighted by molar-refractivity contribution is -0.137. The largest absolute Gasteiger partial charge is 0.481 e. The van der Waals surface area contributed by atoms with Crippen LogP contribution < -0.4 is 0 Å². The van der Waals surface area contributed by atoms with Crippen molar-refractivity contribution in [2.24, 2.45) is 0 Å². The van der Waals surface area contributed by atoms with Gasteiger partial charge in [-0.15, -0.1) is 0 Å². The predicted molar refractivity (Wildman–Crippen MR) is 59.8 cm³/mol. The quantitative estimate of drug-likeness (QED) is 0.838. The Morgan fingerprint density at radius 2 is 2.00 bits per heavy atom. The molecule has 0 radical (unpaired) electrons. The van der Waals surface area contributed by atoms with Gasteiger partial charge in [-0.2, -0.15) is 0 Å². The van der Waals surface area contributed by atoms with E-state index in [9.17, 15) is 9.18 Å². The Balaban J connectivity index is 2.78. The number of aliphatic carboxylic acids is 1. The molecule has 0 fully saturated rings. The number of carboxylic acids is 1. The Bertz CT molecular complexity index is 324. The lowest BCUT2D eigenvalue weighted by atomic mass is 9.93. The molecule has 0 bridgehead atoms. The van der Waals surface area contributed by atoms with Crippen molar-refractivity contribution in [3.05, 3.63) is 35.6 Å². The van der Waals surface area contributed by atoms with Gasteiger partial charge >= 0.3 is 5.97 Å². The van der Waals surface area contributed by atoms with Crippen molar-refractivity contribution in [2.75, 3.05) is 5.33 Å². The van der Waals surface area contributed by atoms with Crippen LogP contribution in [-0.4, -0.2) is 16.4 Å². The Hall–Kier alpha value is -0.900. The number of rotatable bonds is 5. The van der Waals surface area contributed by atoms with Crippen LogP contribution in [0.3, 0.4) is 0 Å². The lowest BCUT2D eigenvalue weighted by Gasteiger charge is -2.13. The van der Waals surface area contributed by atoms with Crippen molar-refractivity contribution in [1.82, 2.24) is 0 Å². The minimum atomic E-state index is -0.828. The first-order valence-corrected chi connectivity index (χ1v) is 5.79. The highest BCUT2D eigenvalue weighted by Crippen LogP contribution is 2.24. The summed E-state index contributed by atoms with van der Waals surface area (Å²) in [5.41, 5.74) is 0.873. The predicted octanol–water partition coefficient (Wildman–Crippen LogP) is 3.17. The zero-order valence-corrected chi connectivity index (χ0v) is 9.71. The van der Waals surface area contributed by atoms with Gasteiger partial charge in [-0.1, -0.05) is 28.1 Å². The molecule has 0 unspecified atom stereocenters. The maximum absolute atomic E-state index is 12.7. The molecule has 0 aliphatic heterocycles. The van der Waals surface area contributed by atoms with Crippen molar-refractivity contribution >= 4 is 21.9 Å². The van der Waals surface area contributed by atoms with E-state index >= 15 is 0 Å². The zero-order valence-electron chi connectivity index (χ0n) is 8.12. The molecule has 0 aliphatic rings. The van der Waals surface area contributed by atoms with Crippen LogP contribution in [0.4, 0.5) is 4.39 Å². The van der Waals surface area contributed by atoms with Gasteiger partial charge in [-0.25, -0.2) is 4.39 Å². The van der Waals surface area contributed by atoms with E-state index in [0.29, 0.717) is 0 Å². The summed E-state index contributed by atoms with van der Waals surface area (Å²) in [5.74, 6) is -1.18. The lowest BCUT2D eigenvalue weighted by Crippen LogP contribution is -2.07. The molecule has 0 amide bonds. The van der Waals surface area contributed by atoms with Crippen LogP contribution in [-0.2, 0) is 4.79 Å². The van der Waals surface area contributed by atoms with Crippen LogP contribution in [0.15, 0.2) is 24.3 Å². The second-order valence-electron chi connectivity index (χ2n) is 3.32. The molecule has 0 spiro atoms. The number of alkyl halides is 1. The highest BCUT2D eigenvalue weighted by molar-refractivity contribution is 9.09. The molecule has 1 aromatic carbocycles. The summed E-state index contributed by atoms with van der Waals surface area (Å²) >= 11 is 3.28. The fraction of sp³-hybridized carbons (Fsp3) is 0.364. The van der Waals surface area contributed by atoms with E-state index in [1.807, 2.05) is 0 Å². The van der Waals surface area contributed by atoms with Gasteiger partial charge in [0.25, 0.3) is 0 Å². The fourth-order valence-corrected chi connectivity index (χ4v) is 2.02. The smallest absolute Gasteiger partial charge is 0.303 e. The number of carbonyl (C=O) groups is 1. The van der Waals surface area contributed by atoms with E-state index in [1.165, 1.54) is 12.1 Å². The van der Waals surface area contributed by atoms with Crippen LogP contribution >= 0.6 is 15.9 Å². The molecule has 0 aliphatic carbocycles. The van der Waals surface area contributed by atoms with E-state index in [2.05, 4.69) is 15.9 Å². The summed E-state index contributed by atoms with van der Waals surface area (Å²) in [6, 6.07) is 6.01. The summed E-state index contributed by atoms with van der Waals surface area (Å²) < 4.78 is 12.7. The molecule has 1 N–H and O–H groups in total. The maximum atomic E-state index is 12.7. The van der Waals surface area contributed by atoms with E-state index in [0.717, 1.165) is 17.3 Å². The van der Waals surface area contributed by atoms with Crippen molar-refractivity contribution in [3.8, 4) is 0 Å². The fourth-order valence-electron chi connectivity index (χ4n) is 1.46. The summed E-state index contributed by atoms with van der Waals surface area (Å²) in [7, 11) is 0. The summed E-state index contributed by atoms with van der Waals surface area (Å²) in [5, 5.41) is 9.48. The van der Waals surface area contributed by atoms with Gasteiger partial charge < -0.3 is 5.11 Å². The molecule has 0 saturated carbocycles. The Morgan fingerprint density at radius 3 is 2.47 bits per heavy atom. The minimum absolute atomic E-state index is 0.0533. The first kappa shape index (κ1) is 12.2. The number of hydrogen-bond acceptors (Lipinski definition) is 1. The van der Waals surface area contributed by atoms with Gasteiger partial charge in [0, 0.05) is 5.33 Å². The van der Waals surface area contributed by atoms with Crippen molar-refractivity contribution in [2.45, 2.75) is 18.8 Å². The average molecular weight is 275 g/mol. The monoisotopic (exact) mass is 274 g/mol. The zero-order chi connectivity index (χ0) is 11.3. The average Bonchev–Trinajstić information content (AvgIpc) is 2.17. The molecular weight excluding hydrogens is 263 g/mol. The van der Waals surface area contributed by atoms with E-state index in [-0.39, 0.29) is 18.2 Å². The third-order valence-corrected chi connectivity index (χ3v) is 2.68. The summed E-state index contributed by atoms with van der Waals surface area (Å²) in [4.78, 5) is 10.6. The van der Waals surface area contributed by atoms with E-state index < -0.39 is 5.97 Å². The number of hydrogen-bond donors (Lipinski definition) is 1. The van der Waals surface area contributed by atoms with Gasteiger partial charge in [0.05, 0.1) is 6.42 Å². The second kappa shape index (κ2) is 5.85. The molecule has 0 saturated heterocycles. The van der Waals surface area contributed by atoms with Gasteiger partial charge in [-0.05, 0) is 30.0 Å². The highest BCUT2D eigenvalue weighted by Gasteiger charge is 2.14. The van der Waals surface area contributed by atoms with Gasteiger partial charge in [0.1, 0.15) is 5.82 Å². The Morgan fingerprint density at radius 1 is 1.40 bits per heavy atom. The van der Waals surface area contributed by atoms with E-state index in [1.54, 1.807) is 12.1 Å². The number of carboxylic acid groups (broad SMARTS) is 1. The van der Waals surface area contributed by atoms with Crippen molar-refractivity contribution < 1.29 is 14.3 Å². The molecule has 0 heterocycles. The molecule has 15 heavy (non-hydrogen) atoms. The van der Waals surface area contributed by atoms with Crippen molar-refractivity contribution in [3.63, 3.8) is 0 Å². The molecule has 82 valence electrons. The summed E-state index contributed by atoms with van der Waals surface area (Å²) in [6.07, 6.45) is 0.815. The number of benzene rings is 1. The van der Waals surface area contributed by atoms with Crippen LogP contribution in [0.1, 0.15) is 24.3 Å². The first-order chi connectivity index (χ1) is 7.13. The van der Waals surface area contributed by atoms with Crippen molar-refractivity contribution in [1.29, 1.82) is 0 Å². The van der Waals surface area contributed by atoms with Crippen LogP contribution in [0.25, 0.3) is 0 Å². The van der Waals surface area contributed by atoms with Gasteiger partial charge in [0.2, 0.25) is 0 Å². The summed E-state index contributed by atoms with van der Waals surface area (Å²) in [6.45, 7) is 0. The second-order valence-corrected chi connectivity index (χ2v) is 4.12. The topological polar surface area (TPSA) is 37.3 Å². The molecule has 4 heteroatoms. The van der Waals surface area contributed by atoms with Crippen LogP contribution in [0, 0.1) is 5.82 Å². The standard InChI is InChI=1S/C11H12BrFO2/c12-6-5-9(7-11(14)15)8-1-3-10(13)4-2-8/h1-4,9H,5-7H2,(H,14,15)/t9-/m1/s1. The normalized spacial score (nSPS) is 12.4. The third kappa shape index (κ3) is 4.00. The third-order valence-electron chi connectivity index (χ3n) is 2.22.